The van der Waals surface area contributed by atoms with Gasteiger partial charge in [0.25, 0.3) is 5.91 Å². The Kier molecular flexibility index (Phi) is 5.10. The Labute approximate surface area is 132 Å². The standard InChI is InChI=1S/C16H17FN2O4/c1-4-13-14(9(2)23-19-13)16(21)22-10(3)15(20)18-12-7-5-11(17)6-8-12/h5-8,10H,4H2,1-3H3,(H,18,20)/t10-/m0/s1. The largest absolute Gasteiger partial charge is 0.449 e. The first kappa shape index (κ1) is 16.7. The van der Waals surface area contributed by atoms with E-state index in [0.717, 1.165) is 0 Å². The van der Waals surface area contributed by atoms with Crippen LogP contribution in [0.5, 0.6) is 0 Å². The molecule has 0 fully saturated rings. The lowest BCUT2D eigenvalue weighted by Gasteiger charge is -2.13. The number of nitrogens with one attached hydrogen (secondary N) is 1. The molecule has 1 aromatic carbocycles. The molecule has 0 radical (unpaired) electrons. The van der Waals surface area contributed by atoms with Crippen LogP contribution >= 0.6 is 0 Å². The predicted molar refractivity (Wildman–Crippen MR) is 80.5 cm³/mol. The second kappa shape index (κ2) is 7.04. The third-order valence-electron chi connectivity index (χ3n) is 3.24. The summed E-state index contributed by atoms with van der Waals surface area (Å²) in [7, 11) is 0. The Bertz CT molecular complexity index is 709. The molecule has 1 N–H and O–H groups in total. The van der Waals surface area contributed by atoms with Crippen LogP contribution in [0.4, 0.5) is 10.1 Å². The van der Waals surface area contributed by atoms with Crippen LogP contribution in [0.2, 0.25) is 0 Å². The highest BCUT2D eigenvalue weighted by Gasteiger charge is 2.25. The van der Waals surface area contributed by atoms with Crippen LogP contribution in [0.15, 0.2) is 28.8 Å². The van der Waals surface area contributed by atoms with Crippen LogP contribution < -0.4 is 5.32 Å². The summed E-state index contributed by atoms with van der Waals surface area (Å²) in [6.45, 7) is 4.88. The van der Waals surface area contributed by atoms with Gasteiger partial charge in [-0.05, 0) is 44.5 Å². The van der Waals surface area contributed by atoms with E-state index in [1.54, 1.807) is 6.92 Å². The molecule has 0 bridgehead atoms. The molecule has 7 heteroatoms. The number of rotatable bonds is 5. The molecular formula is C16H17FN2O4. The van der Waals surface area contributed by atoms with E-state index in [2.05, 4.69) is 10.5 Å². The average Bonchev–Trinajstić information content (AvgIpc) is 2.90. The molecule has 0 aliphatic carbocycles. The molecule has 0 aliphatic rings. The third-order valence-corrected chi connectivity index (χ3v) is 3.24. The van der Waals surface area contributed by atoms with E-state index in [4.69, 9.17) is 9.26 Å². The van der Waals surface area contributed by atoms with Gasteiger partial charge in [0, 0.05) is 5.69 Å². The maximum Gasteiger partial charge on any atom is 0.344 e. The number of hydrogen-bond donors (Lipinski definition) is 1. The molecule has 6 nitrogen and oxygen atoms in total. The number of carbonyl (C=O) groups is 2. The number of hydrogen-bond acceptors (Lipinski definition) is 5. The Morgan fingerprint density at radius 1 is 1.35 bits per heavy atom. The van der Waals surface area contributed by atoms with Crippen molar-refractivity contribution in [1.29, 1.82) is 0 Å². The highest BCUT2D eigenvalue weighted by Crippen LogP contribution is 2.16. The van der Waals surface area contributed by atoms with Gasteiger partial charge in [-0.2, -0.15) is 0 Å². The van der Waals surface area contributed by atoms with Crippen LogP contribution in [0.25, 0.3) is 0 Å². The topological polar surface area (TPSA) is 81.4 Å². The van der Waals surface area contributed by atoms with Crippen molar-refractivity contribution in [3.05, 3.63) is 47.1 Å². The molecule has 1 aromatic heterocycles. The highest BCUT2D eigenvalue weighted by atomic mass is 19.1. The molecule has 0 saturated carbocycles. The van der Waals surface area contributed by atoms with Crippen molar-refractivity contribution in [3.63, 3.8) is 0 Å². The molecule has 0 spiro atoms. The van der Waals surface area contributed by atoms with Crippen LogP contribution in [0.3, 0.4) is 0 Å². The van der Waals surface area contributed by atoms with Gasteiger partial charge in [-0.3, -0.25) is 4.79 Å². The first-order chi connectivity index (χ1) is 10.9. The number of nitrogens with zero attached hydrogens (tertiary/aromatic N) is 1. The van der Waals surface area contributed by atoms with Gasteiger partial charge in [0.2, 0.25) is 0 Å². The molecule has 2 rings (SSSR count). The molecule has 1 atom stereocenters. The van der Waals surface area contributed by atoms with Crippen molar-refractivity contribution in [2.24, 2.45) is 0 Å². The van der Waals surface area contributed by atoms with Crippen molar-refractivity contribution in [2.75, 3.05) is 5.32 Å². The maximum atomic E-state index is 12.8. The van der Waals surface area contributed by atoms with Crippen molar-refractivity contribution in [2.45, 2.75) is 33.3 Å². The highest BCUT2D eigenvalue weighted by molar-refractivity contribution is 5.98. The van der Waals surface area contributed by atoms with E-state index >= 15 is 0 Å². The number of aromatic nitrogens is 1. The lowest BCUT2D eigenvalue weighted by atomic mass is 10.1. The number of anilines is 1. The zero-order chi connectivity index (χ0) is 17.0. The third kappa shape index (κ3) is 3.94. The summed E-state index contributed by atoms with van der Waals surface area (Å²) < 4.78 is 22.9. The second-order valence-corrected chi connectivity index (χ2v) is 4.96. The predicted octanol–water partition coefficient (Wildman–Crippen LogP) is 2.87. The van der Waals surface area contributed by atoms with Crippen LogP contribution in [-0.2, 0) is 16.0 Å². The number of aryl methyl sites for hydroxylation is 2. The lowest BCUT2D eigenvalue weighted by Crippen LogP contribution is -2.30. The number of benzene rings is 1. The fourth-order valence-electron chi connectivity index (χ4n) is 1.97. The number of amides is 1. The summed E-state index contributed by atoms with van der Waals surface area (Å²) in [6, 6.07) is 5.28. The Balaban J connectivity index is 2.01. The van der Waals surface area contributed by atoms with E-state index in [9.17, 15) is 14.0 Å². The first-order valence-corrected chi connectivity index (χ1v) is 7.15. The summed E-state index contributed by atoms with van der Waals surface area (Å²) in [4.78, 5) is 24.2. The minimum atomic E-state index is -1.02. The minimum absolute atomic E-state index is 0.244. The molecule has 23 heavy (non-hydrogen) atoms. The molecule has 0 unspecified atom stereocenters. The summed E-state index contributed by atoms with van der Waals surface area (Å²) >= 11 is 0. The fraction of sp³-hybridized carbons (Fsp3) is 0.312. The quantitative estimate of drug-likeness (QED) is 0.857. The van der Waals surface area contributed by atoms with E-state index in [1.807, 2.05) is 6.92 Å². The summed E-state index contributed by atoms with van der Waals surface area (Å²) in [6.07, 6.45) is -0.510. The number of esters is 1. The van der Waals surface area contributed by atoms with Gasteiger partial charge in [-0.25, -0.2) is 9.18 Å². The monoisotopic (exact) mass is 320 g/mol. The van der Waals surface area contributed by atoms with Gasteiger partial charge in [0.1, 0.15) is 17.1 Å². The normalized spacial score (nSPS) is 11.8. The molecule has 2 aromatic rings. The van der Waals surface area contributed by atoms with Gasteiger partial charge >= 0.3 is 5.97 Å². The summed E-state index contributed by atoms with van der Waals surface area (Å²) in [5, 5.41) is 6.31. The molecule has 1 heterocycles. The molecule has 0 aliphatic heterocycles. The Hall–Kier alpha value is -2.70. The van der Waals surface area contributed by atoms with E-state index in [0.29, 0.717) is 23.6 Å². The summed E-state index contributed by atoms with van der Waals surface area (Å²) in [5.74, 6) is -1.24. The Morgan fingerprint density at radius 3 is 2.61 bits per heavy atom. The van der Waals surface area contributed by atoms with E-state index in [-0.39, 0.29) is 5.56 Å². The summed E-state index contributed by atoms with van der Waals surface area (Å²) in [5.41, 5.74) is 1.14. The number of halogens is 1. The molecule has 122 valence electrons. The number of carbonyl (C=O) groups excluding carboxylic acids is 2. The van der Waals surface area contributed by atoms with Gasteiger partial charge in [0.05, 0.1) is 5.69 Å². The SMILES string of the molecule is CCc1noc(C)c1C(=O)O[C@@H](C)C(=O)Nc1ccc(F)cc1. The van der Waals surface area contributed by atoms with Crippen LogP contribution in [0, 0.1) is 12.7 Å². The zero-order valence-corrected chi connectivity index (χ0v) is 13.1. The van der Waals surface area contributed by atoms with Crippen molar-refractivity contribution >= 4 is 17.6 Å². The van der Waals surface area contributed by atoms with Crippen molar-refractivity contribution in [3.8, 4) is 0 Å². The lowest BCUT2D eigenvalue weighted by molar-refractivity contribution is -0.123. The van der Waals surface area contributed by atoms with E-state index < -0.39 is 23.8 Å². The Morgan fingerprint density at radius 2 is 2.00 bits per heavy atom. The number of ether oxygens (including phenoxy) is 1. The van der Waals surface area contributed by atoms with Gasteiger partial charge in [0.15, 0.2) is 6.10 Å². The first-order valence-electron chi connectivity index (χ1n) is 7.15. The van der Waals surface area contributed by atoms with Crippen LogP contribution in [0.1, 0.15) is 35.7 Å². The van der Waals surface area contributed by atoms with Gasteiger partial charge in [-0.1, -0.05) is 12.1 Å². The van der Waals surface area contributed by atoms with E-state index in [1.165, 1.54) is 31.2 Å². The maximum absolute atomic E-state index is 12.8. The van der Waals surface area contributed by atoms with Crippen molar-refractivity contribution < 1.29 is 23.2 Å². The fourth-order valence-corrected chi connectivity index (χ4v) is 1.97. The van der Waals surface area contributed by atoms with Gasteiger partial charge in [-0.15, -0.1) is 0 Å². The van der Waals surface area contributed by atoms with Crippen molar-refractivity contribution in [1.82, 2.24) is 5.16 Å². The molecule has 0 saturated heterocycles. The molecular weight excluding hydrogens is 303 g/mol. The second-order valence-electron chi connectivity index (χ2n) is 4.96. The average molecular weight is 320 g/mol. The molecule has 1 amide bonds. The van der Waals surface area contributed by atoms with Gasteiger partial charge < -0.3 is 14.6 Å². The minimum Gasteiger partial charge on any atom is -0.449 e. The smallest absolute Gasteiger partial charge is 0.344 e. The zero-order valence-electron chi connectivity index (χ0n) is 13.1. The van der Waals surface area contributed by atoms with Crippen LogP contribution in [-0.4, -0.2) is 23.1 Å².